The first-order chi connectivity index (χ1) is 7.90. The fourth-order valence-electron chi connectivity index (χ4n) is 1.81. The fraction of sp³-hybridized carbons (Fsp3) is 0.583. The molecule has 0 unspecified atom stereocenters. The van der Waals surface area contributed by atoms with E-state index in [1.54, 1.807) is 0 Å². The van der Waals surface area contributed by atoms with Crippen LogP contribution in [0.25, 0.3) is 0 Å². The Morgan fingerprint density at radius 2 is 2.31 bits per heavy atom. The first kappa shape index (κ1) is 11.9. The minimum atomic E-state index is 0.666. The van der Waals surface area contributed by atoms with Crippen molar-refractivity contribution in [1.82, 2.24) is 10.3 Å². The van der Waals surface area contributed by atoms with Gasteiger partial charge in [-0.2, -0.15) is 0 Å². The van der Waals surface area contributed by atoms with Crippen molar-refractivity contribution in [2.24, 2.45) is 0 Å². The highest BCUT2D eigenvalue weighted by Crippen LogP contribution is 2.30. The van der Waals surface area contributed by atoms with E-state index in [9.17, 15) is 0 Å². The van der Waals surface area contributed by atoms with Crippen molar-refractivity contribution in [3.8, 4) is 0 Å². The molecule has 0 bridgehead atoms. The lowest BCUT2D eigenvalue weighted by Crippen LogP contribution is -2.18. The molecule has 88 valence electrons. The first-order valence-electron chi connectivity index (χ1n) is 5.73. The van der Waals surface area contributed by atoms with Crippen LogP contribution in [-0.4, -0.2) is 30.5 Å². The summed E-state index contributed by atoms with van der Waals surface area (Å²) in [6.45, 7) is 2.68. The third-order valence-corrected chi connectivity index (χ3v) is 4.06. The Morgan fingerprint density at radius 1 is 1.50 bits per heavy atom. The number of pyridine rings is 1. The zero-order chi connectivity index (χ0) is 11.2. The van der Waals surface area contributed by atoms with E-state index >= 15 is 0 Å². The first-order valence-corrected chi connectivity index (χ1v) is 6.61. The number of hydrogen-bond donors (Lipinski definition) is 1. The van der Waals surface area contributed by atoms with Crippen LogP contribution < -0.4 is 5.32 Å². The predicted octanol–water partition coefficient (Wildman–Crippen LogP) is 2.07. The van der Waals surface area contributed by atoms with Crippen molar-refractivity contribution >= 4 is 11.8 Å². The molecule has 0 aliphatic carbocycles. The van der Waals surface area contributed by atoms with Crippen LogP contribution in [-0.2, 0) is 11.3 Å². The van der Waals surface area contributed by atoms with E-state index in [0.717, 1.165) is 32.6 Å². The molecule has 16 heavy (non-hydrogen) atoms. The van der Waals surface area contributed by atoms with E-state index in [4.69, 9.17) is 4.74 Å². The lowest BCUT2D eigenvalue weighted by atomic mass is 10.2. The number of nitrogens with one attached hydrogen (secondary N) is 1. The summed E-state index contributed by atoms with van der Waals surface area (Å²) in [4.78, 5) is 4.47. The van der Waals surface area contributed by atoms with Gasteiger partial charge < -0.3 is 10.1 Å². The van der Waals surface area contributed by atoms with E-state index in [1.807, 2.05) is 31.1 Å². The maximum Gasteiger partial charge on any atom is 0.101 e. The van der Waals surface area contributed by atoms with Crippen molar-refractivity contribution < 1.29 is 4.74 Å². The zero-order valence-corrected chi connectivity index (χ0v) is 10.4. The van der Waals surface area contributed by atoms with Gasteiger partial charge in [-0.3, -0.25) is 0 Å². The molecule has 0 atom stereocenters. The minimum Gasteiger partial charge on any atom is -0.381 e. The predicted molar refractivity (Wildman–Crippen MR) is 66.7 cm³/mol. The number of rotatable bonds is 4. The van der Waals surface area contributed by atoms with Crippen LogP contribution in [0.5, 0.6) is 0 Å². The molecule has 0 amide bonds. The number of aromatic nitrogens is 1. The summed E-state index contributed by atoms with van der Waals surface area (Å²) < 4.78 is 5.37. The third-order valence-electron chi connectivity index (χ3n) is 2.66. The van der Waals surface area contributed by atoms with E-state index in [1.165, 1.54) is 10.6 Å². The Labute approximate surface area is 101 Å². The Balaban J connectivity index is 2.01. The van der Waals surface area contributed by atoms with Gasteiger partial charge in [-0.05, 0) is 31.5 Å². The Kier molecular flexibility index (Phi) is 4.63. The molecule has 2 heterocycles. The van der Waals surface area contributed by atoms with Crippen molar-refractivity contribution in [3.63, 3.8) is 0 Å². The van der Waals surface area contributed by atoms with Gasteiger partial charge in [0.1, 0.15) is 5.03 Å². The van der Waals surface area contributed by atoms with Crippen LogP contribution in [0.1, 0.15) is 18.4 Å². The van der Waals surface area contributed by atoms with Gasteiger partial charge in [-0.25, -0.2) is 4.98 Å². The highest BCUT2D eigenvalue weighted by atomic mass is 32.2. The summed E-state index contributed by atoms with van der Waals surface area (Å²) in [6.07, 6.45) is 4.15. The molecule has 4 heteroatoms. The molecule has 0 radical (unpaired) electrons. The van der Waals surface area contributed by atoms with Gasteiger partial charge in [-0.1, -0.05) is 6.07 Å². The quantitative estimate of drug-likeness (QED) is 0.871. The highest BCUT2D eigenvalue weighted by molar-refractivity contribution is 7.99. The minimum absolute atomic E-state index is 0.666. The monoisotopic (exact) mass is 238 g/mol. The molecular formula is C12H18N2OS. The van der Waals surface area contributed by atoms with Gasteiger partial charge in [-0.15, -0.1) is 11.8 Å². The summed E-state index contributed by atoms with van der Waals surface area (Å²) in [5.74, 6) is 0. The number of thioether (sulfide) groups is 1. The molecular weight excluding hydrogens is 220 g/mol. The topological polar surface area (TPSA) is 34.2 Å². The average Bonchev–Trinajstić information content (AvgIpc) is 2.33. The molecule has 1 aliphatic rings. The molecule has 0 saturated carbocycles. The maximum atomic E-state index is 5.37. The zero-order valence-electron chi connectivity index (χ0n) is 9.61. The van der Waals surface area contributed by atoms with Gasteiger partial charge >= 0.3 is 0 Å². The maximum absolute atomic E-state index is 5.37. The number of ether oxygens (including phenoxy) is 1. The van der Waals surface area contributed by atoms with Crippen LogP contribution in [0.3, 0.4) is 0 Å². The summed E-state index contributed by atoms with van der Waals surface area (Å²) in [5, 5.41) is 5.02. The SMILES string of the molecule is CNCc1cccnc1SC1CCOCC1. The van der Waals surface area contributed by atoms with E-state index in [-0.39, 0.29) is 0 Å². The molecule has 1 N–H and O–H groups in total. The van der Waals surface area contributed by atoms with Gasteiger partial charge in [0.15, 0.2) is 0 Å². The lowest BCUT2D eigenvalue weighted by molar-refractivity contribution is 0.1000. The van der Waals surface area contributed by atoms with Crippen LogP contribution in [0.15, 0.2) is 23.4 Å². The molecule has 1 fully saturated rings. The summed E-state index contributed by atoms with van der Waals surface area (Å²) >= 11 is 1.90. The van der Waals surface area contributed by atoms with E-state index in [0.29, 0.717) is 5.25 Å². The summed E-state index contributed by atoms with van der Waals surface area (Å²) in [6, 6.07) is 4.14. The summed E-state index contributed by atoms with van der Waals surface area (Å²) in [7, 11) is 1.97. The molecule has 0 aromatic carbocycles. The Bertz CT molecular complexity index is 327. The van der Waals surface area contributed by atoms with Crippen LogP contribution in [0.2, 0.25) is 0 Å². The van der Waals surface area contributed by atoms with Gasteiger partial charge in [0.2, 0.25) is 0 Å². The van der Waals surface area contributed by atoms with Crippen molar-refractivity contribution in [2.45, 2.75) is 29.7 Å². The molecule has 1 saturated heterocycles. The van der Waals surface area contributed by atoms with Crippen molar-refractivity contribution in [3.05, 3.63) is 23.9 Å². The fourth-order valence-corrected chi connectivity index (χ4v) is 2.96. The molecule has 1 aromatic rings. The van der Waals surface area contributed by atoms with Crippen molar-refractivity contribution in [1.29, 1.82) is 0 Å². The normalized spacial score (nSPS) is 17.6. The Morgan fingerprint density at radius 3 is 3.06 bits per heavy atom. The van der Waals surface area contributed by atoms with E-state index < -0.39 is 0 Å². The number of hydrogen-bond acceptors (Lipinski definition) is 4. The van der Waals surface area contributed by atoms with Gasteiger partial charge in [0, 0.05) is 31.2 Å². The second kappa shape index (κ2) is 6.23. The smallest absolute Gasteiger partial charge is 0.101 e. The van der Waals surface area contributed by atoms with Gasteiger partial charge in [0.25, 0.3) is 0 Å². The number of nitrogens with zero attached hydrogens (tertiary/aromatic N) is 1. The Hall–Kier alpha value is -0.580. The largest absolute Gasteiger partial charge is 0.381 e. The molecule has 1 aromatic heterocycles. The molecule has 2 rings (SSSR count). The standard InChI is InChI=1S/C12H18N2OS/c1-13-9-10-3-2-6-14-12(10)16-11-4-7-15-8-5-11/h2-3,6,11,13H,4-5,7-9H2,1H3. The van der Waals surface area contributed by atoms with Gasteiger partial charge in [0.05, 0.1) is 0 Å². The van der Waals surface area contributed by atoms with Crippen molar-refractivity contribution in [2.75, 3.05) is 20.3 Å². The lowest BCUT2D eigenvalue weighted by Gasteiger charge is -2.21. The average molecular weight is 238 g/mol. The highest BCUT2D eigenvalue weighted by Gasteiger charge is 2.16. The molecule has 0 spiro atoms. The second-order valence-electron chi connectivity index (χ2n) is 3.93. The summed E-state index contributed by atoms with van der Waals surface area (Å²) in [5.41, 5.74) is 1.29. The second-order valence-corrected chi connectivity index (χ2v) is 5.22. The van der Waals surface area contributed by atoms with E-state index in [2.05, 4.69) is 16.4 Å². The molecule has 1 aliphatic heterocycles. The van der Waals surface area contributed by atoms with Crippen LogP contribution in [0.4, 0.5) is 0 Å². The third kappa shape index (κ3) is 3.20. The van der Waals surface area contributed by atoms with Crippen LogP contribution >= 0.6 is 11.8 Å². The van der Waals surface area contributed by atoms with Crippen LogP contribution in [0, 0.1) is 0 Å². The molecule has 3 nitrogen and oxygen atoms in total.